The van der Waals surface area contributed by atoms with E-state index in [1.54, 1.807) is 0 Å². The Kier molecular flexibility index (Phi) is 1.44. The summed E-state index contributed by atoms with van der Waals surface area (Å²) in [4.78, 5) is 14.4. The molecule has 46 valence electrons. The van der Waals surface area contributed by atoms with Crippen LogP contribution in [0.25, 0.3) is 6.20 Å². The van der Waals surface area contributed by atoms with Gasteiger partial charge in [0.05, 0.1) is 0 Å². The van der Waals surface area contributed by atoms with Gasteiger partial charge in [-0.25, -0.2) is 4.98 Å². The zero-order valence-corrected chi connectivity index (χ0v) is 4.82. The van der Waals surface area contributed by atoms with Gasteiger partial charge in [-0.1, -0.05) is 6.58 Å². The molecule has 1 rings (SSSR count). The molecule has 0 atom stereocenters. The van der Waals surface area contributed by atoms with E-state index in [1.165, 1.54) is 29.4 Å². The van der Waals surface area contributed by atoms with Crippen molar-refractivity contribution in [2.24, 2.45) is 0 Å². The third-order valence-corrected chi connectivity index (χ3v) is 0.945. The summed E-state index contributed by atoms with van der Waals surface area (Å²) in [7, 11) is 0. The number of hydrogen-bond acceptors (Lipinski definition) is 2. The van der Waals surface area contributed by atoms with Crippen molar-refractivity contribution in [1.29, 1.82) is 0 Å². The van der Waals surface area contributed by atoms with Gasteiger partial charge >= 0.3 is 0 Å². The molecule has 1 heterocycles. The lowest BCUT2D eigenvalue weighted by Gasteiger charge is -1.90. The van der Waals surface area contributed by atoms with E-state index >= 15 is 0 Å². The Hall–Kier alpha value is -1.38. The van der Waals surface area contributed by atoms with E-state index in [9.17, 15) is 4.79 Å². The molecule has 0 saturated heterocycles. The molecule has 0 bridgehead atoms. The number of rotatable bonds is 1. The third kappa shape index (κ3) is 1.05. The Morgan fingerprint density at radius 3 is 3.00 bits per heavy atom. The summed E-state index contributed by atoms with van der Waals surface area (Å²) < 4.78 is 1.31. The van der Waals surface area contributed by atoms with E-state index in [-0.39, 0.29) is 5.56 Å². The fraction of sp³-hybridized carbons (Fsp3) is 0. The van der Waals surface area contributed by atoms with Crippen LogP contribution in [-0.4, -0.2) is 9.55 Å². The smallest absolute Gasteiger partial charge is 0.257 e. The van der Waals surface area contributed by atoms with Crippen molar-refractivity contribution in [1.82, 2.24) is 9.55 Å². The summed E-state index contributed by atoms with van der Waals surface area (Å²) >= 11 is 0. The first-order chi connectivity index (χ1) is 4.34. The van der Waals surface area contributed by atoms with Crippen LogP contribution in [0.3, 0.4) is 0 Å². The van der Waals surface area contributed by atoms with Gasteiger partial charge in [-0.05, 0) is 0 Å². The molecule has 0 saturated carbocycles. The van der Waals surface area contributed by atoms with E-state index in [2.05, 4.69) is 11.6 Å². The molecular formula is C6H6N2O. The highest BCUT2D eigenvalue weighted by Gasteiger charge is 1.83. The van der Waals surface area contributed by atoms with Crippen molar-refractivity contribution < 1.29 is 0 Å². The predicted molar refractivity (Wildman–Crippen MR) is 34.9 cm³/mol. The predicted octanol–water partition coefficient (Wildman–Crippen LogP) is 0.344. The monoisotopic (exact) mass is 122 g/mol. The van der Waals surface area contributed by atoms with Crippen LogP contribution in [0.2, 0.25) is 0 Å². The highest BCUT2D eigenvalue weighted by atomic mass is 16.1. The molecule has 0 aliphatic carbocycles. The third-order valence-electron chi connectivity index (χ3n) is 0.945. The van der Waals surface area contributed by atoms with E-state index in [0.717, 1.165) is 0 Å². The number of nitrogens with zero attached hydrogens (tertiary/aromatic N) is 2. The zero-order valence-electron chi connectivity index (χ0n) is 4.82. The van der Waals surface area contributed by atoms with Crippen molar-refractivity contribution in [2.75, 3.05) is 0 Å². The molecule has 0 unspecified atom stereocenters. The Labute approximate surface area is 52.3 Å². The van der Waals surface area contributed by atoms with Gasteiger partial charge in [-0.3, -0.25) is 9.36 Å². The Morgan fingerprint density at radius 2 is 2.56 bits per heavy atom. The Bertz CT molecular complexity index is 264. The topological polar surface area (TPSA) is 34.9 Å². The van der Waals surface area contributed by atoms with Gasteiger partial charge in [0, 0.05) is 18.5 Å². The number of hydrogen-bond donors (Lipinski definition) is 0. The fourth-order valence-corrected chi connectivity index (χ4v) is 0.497. The Morgan fingerprint density at radius 1 is 1.78 bits per heavy atom. The molecule has 0 N–H and O–H groups in total. The maximum Gasteiger partial charge on any atom is 0.257 e. The summed E-state index contributed by atoms with van der Waals surface area (Å²) in [5.41, 5.74) is -0.111. The zero-order chi connectivity index (χ0) is 6.69. The normalized spacial score (nSPS) is 8.89. The van der Waals surface area contributed by atoms with Gasteiger partial charge in [0.1, 0.15) is 6.33 Å². The molecule has 1 aromatic heterocycles. The van der Waals surface area contributed by atoms with Crippen molar-refractivity contribution in [3.8, 4) is 0 Å². The van der Waals surface area contributed by atoms with Gasteiger partial charge in [0.25, 0.3) is 5.56 Å². The lowest BCUT2D eigenvalue weighted by molar-refractivity contribution is 0.990. The fourth-order valence-electron chi connectivity index (χ4n) is 0.497. The molecule has 0 amide bonds. The van der Waals surface area contributed by atoms with Gasteiger partial charge in [0.15, 0.2) is 0 Å². The van der Waals surface area contributed by atoms with Gasteiger partial charge < -0.3 is 0 Å². The lowest BCUT2D eigenvalue weighted by atomic mass is 10.6. The summed E-state index contributed by atoms with van der Waals surface area (Å²) in [5.74, 6) is 0. The largest absolute Gasteiger partial charge is 0.275 e. The van der Waals surface area contributed by atoms with E-state index in [4.69, 9.17) is 0 Å². The molecule has 1 aromatic rings. The molecule has 0 radical (unpaired) electrons. The minimum absolute atomic E-state index is 0.111. The average Bonchev–Trinajstić information content (AvgIpc) is 1.89. The maximum absolute atomic E-state index is 10.7. The van der Waals surface area contributed by atoms with E-state index in [1.807, 2.05) is 0 Å². The van der Waals surface area contributed by atoms with Crippen molar-refractivity contribution in [3.05, 3.63) is 35.5 Å². The summed E-state index contributed by atoms with van der Waals surface area (Å²) in [6, 6.07) is 1.38. The standard InChI is InChI=1S/C6H6N2O/c1-2-8-5-7-4-3-6(8)9/h2-5H,1H2. The van der Waals surface area contributed by atoms with Crippen molar-refractivity contribution in [2.45, 2.75) is 0 Å². The molecule has 0 aromatic carbocycles. The van der Waals surface area contributed by atoms with Gasteiger partial charge in [-0.2, -0.15) is 0 Å². The lowest BCUT2D eigenvalue weighted by Crippen LogP contribution is -2.12. The van der Waals surface area contributed by atoms with Crippen LogP contribution >= 0.6 is 0 Å². The summed E-state index contributed by atoms with van der Waals surface area (Å²) in [6.45, 7) is 3.41. The first kappa shape index (κ1) is 5.75. The van der Waals surface area contributed by atoms with E-state index < -0.39 is 0 Å². The van der Waals surface area contributed by atoms with Gasteiger partial charge in [-0.15, -0.1) is 0 Å². The van der Waals surface area contributed by atoms with Crippen molar-refractivity contribution in [3.63, 3.8) is 0 Å². The Balaban J connectivity index is 3.32. The summed E-state index contributed by atoms with van der Waals surface area (Å²) in [5, 5.41) is 0. The molecular weight excluding hydrogens is 116 g/mol. The molecule has 0 aliphatic rings. The van der Waals surface area contributed by atoms with E-state index in [0.29, 0.717) is 0 Å². The van der Waals surface area contributed by atoms with Crippen LogP contribution in [0.4, 0.5) is 0 Å². The maximum atomic E-state index is 10.7. The quantitative estimate of drug-likeness (QED) is 0.538. The SMILES string of the molecule is C=Cn1cnccc1=O. The second kappa shape index (κ2) is 2.26. The van der Waals surface area contributed by atoms with Crippen LogP contribution in [-0.2, 0) is 0 Å². The van der Waals surface area contributed by atoms with Crippen LogP contribution < -0.4 is 5.56 Å². The molecule has 0 spiro atoms. The van der Waals surface area contributed by atoms with Gasteiger partial charge in [0.2, 0.25) is 0 Å². The van der Waals surface area contributed by atoms with Crippen molar-refractivity contribution >= 4 is 6.20 Å². The molecule has 0 aliphatic heterocycles. The first-order valence-corrected chi connectivity index (χ1v) is 2.49. The molecule has 9 heavy (non-hydrogen) atoms. The first-order valence-electron chi connectivity index (χ1n) is 2.49. The second-order valence-corrected chi connectivity index (χ2v) is 1.51. The molecule has 3 heteroatoms. The van der Waals surface area contributed by atoms with Crippen LogP contribution in [0.5, 0.6) is 0 Å². The summed E-state index contributed by atoms with van der Waals surface area (Å²) in [6.07, 6.45) is 4.27. The molecule has 3 nitrogen and oxygen atoms in total. The number of aromatic nitrogens is 2. The molecule has 0 fully saturated rings. The highest BCUT2D eigenvalue weighted by Crippen LogP contribution is 1.73. The van der Waals surface area contributed by atoms with Crippen LogP contribution in [0.1, 0.15) is 0 Å². The average molecular weight is 122 g/mol. The van der Waals surface area contributed by atoms with Crippen LogP contribution in [0.15, 0.2) is 30.0 Å². The minimum Gasteiger partial charge on any atom is -0.275 e. The van der Waals surface area contributed by atoms with Crippen LogP contribution in [0, 0.1) is 0 Å². The minimum atomic E-state index is -0.111. The second-order valence-electron chi connectivity index (χ2n) is 1.51. The highest BCUT2D eigenvalue weighted by molar-refractivity contribution is 5.14.